The van der Waals surface area contributed by atoms with Crippen LogP contribution < -0.4 is 0 Å². The standard InChI is InChI=1S/C18H26O4/c1-5-12-21-17(19)15-8-10-16(11-9-15)18(20)22-14(4)7-6-13(2)3/h8-11,13-14H,5-7,12H2,1-4H3. The summed E-state index contributed by atoms with van der Waals surface area (Å²) in [5.74, 6) is -0.133. The molecule has 0 aliphatic heterocycles. The van der Waals surface area contributed by atoms with Crippen LogP contribution in [0.15, 0.2) is 24.3 Å². The lowest BCUT2D eigenvalue weighted by Gasteiger charge is -2.14. The van der Waals surface area contributed by atoms with E-state index < -0.39 is 0 Å². The minimum absolute atomic E-state index is 0.107. The van der Waals surface area contributed by atoms with Gasteiger partial charge in [0.05, 0.1) is 23.8 Å². The highest BCUT2D eigenvalue weighted by Crippen LogP contribution is 2.13. The maximum Gasteiger partial charge on any atom is 0.338 e. The number of esters is 2. The van der Waals surface area contributed by atoms with Crippen LogP contribution in [-0.4, -0.2) is 24.6 Å². The molecule has 0 spiro atoms. The van der Waals surface area contributed by atoms with E-state index in [0.717, 1.165) is 19.3 Å². The van der Waals surface area contributed by atoms with Gasteiger partial charge in [-0.15, -0.1) is 0 Å². The molecule has 0 saturated heterocycles. The fourth-order valence-electron chi connectivity index (χ4n) is 1.90. The summed E-state index contributed by atoms with van der Waals surface area (Å²) in [4.78, 5) is 23.7. The van der Waals surface area contributed by atoms with Gasteiger partial charge in [0.1, 0.15) is 0 Å². The third kappa shape index (κ3) is 6.29. The van der Waals surface area contributed by atoms with Crippen LogP contribution in [-0.2, 0) is 9.47 Å². The Morgan fingerprint density at radius 2 is 1.50 bits per heavy atom. The van der Waals surface area contributed by atoms with E-state index in [1.54, 1.807) is 24.3 Å². The number of benzene rings is 1. The zero-order valence-electron chi connectivity index (χ0n) is 13.9. The van der Waals surface area contributed by atoms with Gasteiger partial charge in [0.25, 0.3) is 0 Å². The third-order valence-corrected chi connectivity index (χ3v) is 3.25. The molecule has 1 atom stereocenters. The fourth-order valence-corrected chi connectivity index (χ4v) is 1.90. The average molecular weight is 306 g/mol. The molecule has 0 aliphatic carbocycles. The van der Waals surface area contributed by atoms with Crippen molar-refractivity contribution in [1.82, 2.24) is 0 Å². The second kappa shape index (κ2) is 9.23. The van der Waals surface area contributed by atoms with Gasteiger partial charge in [-0.1, -0.05) is 20.8 Å². The van der Waals surface area contributed by atoms with Crippen LogP contribution in [0.25, 0.3) is 0 Å². The van der Waals surface area contributed by atoms with Crippen LogP contribution >= 0.6 is 0 Å². The monoisotopic (exact) mass is 306 g/mol. The molecule has 1 aromatic rings. The van der Waals surface area contributed by atoms with Crippen molar-refractivity contribution < 1.29 is 19.1 Å². The van der Waals surface area contributed by atoms with Crippen molar-refractivity contribution in [2.45, 2.75) is 53.1 Å². The lowest BCUT2D eigenvalue weighted by molar-refractivity contribution is 0.0312. The molecule has 0 heterocycles. The molecular weight excluding hydrogens is 280 g/mol. The van der Waals surface area contributed by atoms with E-state index in [0.29, 0.717) is 23.7 Å². The van der Waals surface area contributed by atoms with Gasteiger partial charge >= 0.3 is 11.9 Å². The Balaban J connectivity index is 2.55. The molecule has 122 valence electrons. The zero-order chi connectivity index (χ0) is 16.5. The summed E-state index contributed by atoms with van der Waals surface area (Å²) >= 11 is 0. The largest absolute Gasteiger partial charge is 0.462 e. The minimum atomic E-state index is -0.368. The van der Waals surface area contributed by atoms with Crippen molar-refractivity contribution in [3.8, 4) is 0 Å². The van der Waals surface area contributed by atoms with Crippen LogP contribution in [0.1, 0.15) is 67.7 Å². The van der Waals surface area contributed by atoms with Crippen LogP contribution in [0, 0.1) is 5.92 Å². The molecule has 0 bridgehead atoms. The Morgan fingerprint density at radius 3 is 2.00 bits per heavy atom. The summed E-state index contributed by atoms with van der Waals surface area (Å²) < 4.78 is 10.4. The third-order valence-electron chi connectivity index (χ3n) is 3.25. The Morgan fingerprint density at radius 1 is 0.955 bits per heavy atom. The van der Waals surface area contributed by atoms with Gasteiger partial charge in [0.2, 0.25) is 0 Å². The van der Waals surface area contributed by atoms with E-state index in [1.165, 1.54) is 0 Å². The van der Waals surface area contributed by atoms with Gasteiger partial charge in [-0.3, -0.25) is 0 Å². The quantitative estimate of drug-likeness (QED) is 0.674. The van der Waals surface area contributed by atoms with Crippen molar-refractivity contribution >= 4 is 11.9 Å². The van der Waals surface area contributed by atoms with E-state index in [4.69, 9.17) is 9.47 Å². The molecule has 0 aromatic heterocycles. The first-order valence-electron chi connectivity index (χ1n) is 7.92. The SMILES string of the molecule is CCCOC(=O)c1ccc(C(=O)OC(C)CCC(C)C)cc1. The van der Waals surface area contributed by atoms with E-state index in [2.05, 4.69) is 13.8 Å². The first-order chi connectivity index (χ1) is 10.4. The smallest absolute Gasteiger partial charge is 0.338 e. The molecule has 22 heavy (non-hydrogen) atoms. The zero-order valence-corrected chi connectivity index (χ0v) is 13.9. The normalized spacial score (nSPS) is 12.0. The summed E-state index contributed by atoms with van der Waals surface area (Å²) in [5, 5.41) is 0. The van der Waals surface area contributed by atoms with E-state index in [9.17, 15) is 9.59 Å². The molecule has 0 saturated carbocycles. The van der Waals surface area contributed by atoms with E-state index >= 15 is 0 Å². The molecule has 0 aliphatic rings. The minimum Gasteiger partial charge on any atom is -0.462 e. The predicted molar refractivity (Wildman–Crippen MR) is 86.0 cm³/mol. The summed E-state index contributed by atoms with van der Waals surface area (Å²) in [6.45, 7) is 8.52. The molecule has 1 unspecified atom stereocenters. The lowest BCUT2D eigenvalue weighted by atomic mass is 10.1. The number of carbonyl (C=O) groups is 2. The summed E-state index contributed by atoms with van der Waals surface area (Å²) in [5.41, 5.74) is 0.890. The number of hydrogen-bond donors (Lipinski definition) is 0. The van der Waals surface area contributed by atoms with Gasteiger partial charge in [0, 0.05) is 0 Å². The topological polar surface area (TPSA) is 52.6 Å². The lowest BCUT2D eigenvalue weighted by Crippen LogP contribution is -2.16. The van der Waals surface area contributed by atoms with Gasteiger partial charge in [-0.25, -0.2) is 9.59 Å². The van der Waals surface area contributed by atoms with E-state index in [1.807, 2.05) is 13.8 Å². The molecule has 4 heteroatoms. The van der Waals surface area contributed by atoms with Crippen LogP contribution in [0.4, 0.5) is 0 Å². The molecule has 4 nitrogen and oxygen atoms in total. The van der Waals surface area contributed by atoms with Crippen LogP contribution in [0.3, 0.4) is 0 Å². The van der Waals surface area contributed by atoms with Crippen LogP contribution in [0.2, 0.25) is 0 Å². The molecule has 1 rings (SSSR count). The molecular formula is C18H26O4. The van der Waals surface area contributed by atoms with Crippen molar-refractivity contribution in [3.63, 3.8) is 0 Å². The Labute approximate surface area is 132 Å². The number of ether oxygens (including phenoxy) is 2. The van der Waals surface area contributed by atoms with Gasteiger partial charge in [-0.05, 0) is 56.4 Å². The molecule has 1 aromatic carbocycles. The molecule has 0 amide bonds. The highest BCUT2D eigenvalue weighted by molar-refractivity contribution is 5.93. The van der Waals surface area contributed by atoms with Crippen molar-refractivity contribution in [2.75, 3.05) is 6.61 Å². The number of carbonyl (C=O) groups excluding carboxylic acids is 2. The fraction of sp³-hybridized carbons (Fsp3) is 0.556. The molecule has 0 radical (unpaired) electrons. The van der Waals surface area contributed by atoms with Crippen LogP contribution in [0.5, 0.6) is 0 Å². The Kier molecular flexibility index (Phi) is 7.64. The number of rotatable bonds is 8. The van der Waals surface area contributed by atoms with E-state index in [-0.39, 0.29) is 18.0 Å². The molecule has 0 N–H and O–H groups in total. The predicted octanol–water partition coefficient (Wildman–Crippen LogP) is 4.23. The second-order valence-electron chi connectivity index (χ2n) is 5.90. The maximum absolute atomic E-state index is 12.0. The summed E-state index contributed by atoms with van der Waals surface area (Å²) in [6.07, 6.45) is 2.55. The molecule has 0 fully saturated rings. The first kappa shape index (κ1) is 18.2. The summed E-state index contributed by atoms with van der Waals surface area (Å²) in [6, 6.07) is 6.38. The van der Waals surface area contributed by atoms with Gasteiger partial charge < -0.3 is 9.47 Å². The maximum atomic E-state index is 12.0. The van der Waals surface area contributed by atoms with Crippen molar-refractivity contribution in [1.29, 1.82) is 0 Å². The van der Waals surface area contributed by atoms with Crippen molar-refractivity contribution in [3.05, 3.63) is 35.4 Å². The highest BCUT2D eigenvalue weighted by Gasteiger charge is 2.14. The van der Waals surface area contributed by atoms with Crippen molar-refractivity contribution in [2.24, 2.45) is 5.92 Å². The number of hydrogen-bond acceptors (Lipinski definition) is 4. The Bertz CT molecular complexity index is 476. The van der Waals surface area contributed by atoms with Gasteiger partial charge in [0.15, 0.2) is 0 Å². The first-order valence-corrected chi connectivity index (χ1v) is 7.92. The Hall–Kier alpha value is -1.84. The highest BCUT2D eigenvalue weighted by atomic mass is 16.5. The van der Waals surface area contributed by atoms with Gasteiger partial charge in [-0.2, -0.15) is 0 Å². The average Bonchev–Trinajstić information content (AvgIpc) is 2.50. The second-order valence-corrected chi connectivity index (χ2v) is 5.90. The summed E-state index contributed by atoms with van der Waals surface area (Å²) in [7, 11) is 0.